The molecule has 1 saturated carbocycles. The fourth-order valence-electron chi connectivity index (χ4n) is 4.17. The summed E-state index contributed by atoms with van der Waals surface area (Å²) in [7, 11) is 0. The molecule has 1 fully saturated rings. The van der Waals surface area contributed by atoms with Gasteiger partial charge >= 0.3 is 12.1 Å². The summed E-state index contributed by atoms with van der Waals surface area (Å²) in [5, 5.41) is 29.4. The summed E-state index contributed by atoms with van der Waals surface area (Å²) in [5.41, 5.74) is 4.23. The Bertz CT molecular complexity index is 795. The number of allylic oxidation sites excluding steroid dienone is 1. The van der Waals surface area contributed by atoms with Crippen LogP contribution in [0.25, 0.3) is 0 Å². The largest absolute Gasteiger partial charge is 0.481 e. The Kier molecular flexibility index (Phi) is 7.05. The van der Waals surface area contributed by atoms with Crippen molar-refractivity contribution in [3.05, 3.63) is 46.7 Å². The van der Waals surface area contributed by atoms with E-state index >= 15 is 0 Å². The van der Waals surface area contributed by atoms with Crippen molar-refractivity contribution >= 4 is 5.97 Å². The molecule has 0 heterocycles. The van der Waals surface area contributed by atoms with Crippen molar-refractivity contribution in [3.63, 3.8) is 0 Å². The summed E-state index contributed by atoms with van der Waals surface area (Å²) in [6.07, 6.45) is -3.57. The maximum atomic E-state index is 12.8. The molecule has 6 nitrogen and oxygen atoms in total. The van der Waals surface area contributed by atoms with Crippen molar-refractivity contribution in [1.29, 1.82) is 0 Å². The van der Waals surface area contributed by atoms with Gasteiger partial charge in [-0.3, -0.25) is 15.1 Å². The zero-order valence-electron chi connectivity index (χ0n) is 16.4. The van der Waals surface area contributed by atoms with Crippen LogP contribution in [-0.4, -0.2) is 34.0 Å². The highest BCUT2D eigenvalue weighted by Gasteiger charge is 2.45. The van der Waals surface area contributed by atoms with Crippen LogP contribution in [0.5, 0.6) is 0 Å². The van der Waals surface area contributed by atoms with Crippen LogP contribution in [0.1, 0.15) is 55.8 Å². The molecule has 1 aromatic rings. The number of carboxylic acids is 1. The quantitative estimate of drug-likeness (QED) is 0.335. The smallest absolute Gasteiger partial charge is 0.416 e. The number of hydrogen-bond acceptors (Lipinski definition) is 5. The maximum absolute atomic E-state index is 12.8. The fraction of sp³-hybridized carbons (Fsp3) is 0.571. The molecule has 0 amide bonds. The third-order valence-corrected chi connectivity index (χ3v) is 5.88. The number of aliphatic hydroxyl groups excluding tert-OH is 2. The number of carbonyl (C=O) groups is 1. The van der Waals surface area contributed by atoms with Gasteiger partial charge in [0.1, 0.15) is 0 Å². The second kappa shape index (κ2) is 9.36. The Morgan fingerprint density at radius 3 is 2.77 bits per heavy atom. The Morgan fingerprint density at radius 2 is 2.07 bits per heavy atom. The van der Waals surface area contributed by atoms with E-state index in [4.69, 9.17) is 9.94 Å². The number of aliphatic hydroxyl groups is 2. The van der Waals surface area contributed by atoms with Gasteiger partial charge in [-0.15, -0.1) is 0 Å². The van der Waals surface area contributed by atoms with Gasteiger partial charge in [0.15, 0.2) is 0 Å². The molecule has 0 aliphatic heterocycles. The van der Waals surface area contributed by atoms with Gasteiger partial charge in [-0.05, 0) is 61.3 Å². The molecule has 30 heavy (non-hydrogen) atoms. The van der Waals surface area contributed by atoms with Crippen LogP contribution >= 0.6 is 0 Å². The molecule has 2 aliphatic rings. The average molecular weight is 429 g/mol. The van der Waals surface area contributed by atoms with Gasteiger partial charge in [0.25, 0.3) is 0 Å². The topological polar surface area (TPSA) is 99.0 Å². The molecule has 1 aromatic carbocycles. The van der Waals surface area contributed by atoms with E-state index in [1.807, 2.05) is 0 Å². The van der Waals surface area contributed by atoms with Crippen LogP contribution in [0.15, 0.2) is 35.5 Å². The number of hydroxylamine groups is 1. The van der Waals surface area contributed by atoms with Crippen LogP contribution in [0.2, 0.25) is 0 Å². The number of carboxylic acid groups (broad SMARTS) is 1. The van der Waals surface area contributed by atoms with E-state index in [2.05, 4.69) is 5.48 Å². The minimum absolute atomic E-state index is 0.0329. The van der Waals surface area contributed by atoms with Gasteiger partial charge in [0, 0.05) is 18.0 Å². The van der Waals surface area contributed by atoms with Crippen LogP contribution in [0, 0.1) is 11.8 Å². The molecule has 0 bridgehead atoms. The highest BCUT2D eigenvalue weighted by molar-refractivity contribution is 5.66. The molecule has 9 heteroatoms. The van der Waals surface area contributed by atoms with E-state index in [-0.39, 0.29) is 36.8 Å². The Hall–Kier alpha value is -2.10. The maximum Gasteiger partial charge on any atom is 0.416 e. The van der Waals surface area contributed by atoms with E-state index in [9.17, 15) is 28.2 Å². The van der Waals surface area contributed by atoms with E-state index < -0.39 is 29.9 Å². The summed E-state index contributed by atoms with van der Waals surface area (Å²) in [6.45, 7) is 0.267. The van der Waals surface area contributed by atoms with Gasteiger partial charge < -0.3 is 15.3 Å². The lowest BCUT2D eigenvalue weighted by molar-refractivity contribution is -0.138. The van der Waals surface area contributed by atoms with Gasteiger partial charge in [0.05, 0.1) is 24.4 Å². The first-order valence-electron chi connectivity index (χ1n) is 10.0. The first-order chi connectivity index (χ1) is 14.2. The SMILES string of the molecule is O=C(O)CCCONC1=C2CC(CCC(O)c3cccc(C(F)(F)F)c3)C(O)C2C1. The molecule has 0 saturated heterocycles. The van der Waals surface area contributed by atoms with E-state index in [0.29, 0.717) is 25.7 Å². The number of benzene rings is 1. The first kappa shape index (κ1) is 22.6. The van der Waals surface area contributed by atoms with Gasteiger partial charge in [-0.25, -0.2) is 0 Å². The molecule has 4 atom stereocenters. The highest BCUT2D eigenvalue weighted by Crippen LogP contribution is 2.50. The molecule has 4 N–H and O–H groups in total. The first-order valence-corrected chi connectivity index (χ1v) is 10.0. The van der Waals surface area contributed by atoms with Crippen molar-refractivity contribution in [2.75, 3.05) is 6.61 Å². The van der Waals surface area contributed by atoms with Crippen LogP contribution < -0.4 is 5.48 Å². The Labute approximate surface area is 172 Å². The minimum atomic E-state index is -4.46. The lowest BCUT2D eigenvalue weighted by atomic mass is 9.83. The normalized spacial score (nSPS) is 24.4. The van der Waals surface area contributed by atoms with E-state index in [1.165, 1.54) is 12.1 Å². The van der Waals surface area contributed by atoms with Crippen LogP contribution in [-0.2, 0) is 15.8 Å². The van der Waals surface area contributed by atoms with E-state index in [0.717, 1.165) is 23.4 Å². The van der Waals surface area contributed by atoms with E-state index in [1.54, 1.807) is 0 Å². The van der Waals surface area contributed by atoms with Crippen molar-refractivity contribution in [2.24, 2.45) is 11.8 Å². The number of aliphatic carboxylic acids is 1. The molecule has 3 rings (SSSR count). The number of nitrogens with one attached hydrogen (secondary N) is 1. The Balaban J connectivity index is 1.48. The monoisotopic (exact) mass is 429 g/mol. The second-order valence-electron chi connectivity index (χ2n) is 7.93. The number of fused-ring (bicyclic) bond motifs is 1. The standard InChI is InChI=1S/C21H26F3NO5/c22-21(23,24)14-4-1-3-12(9-14)18(26)7-6-13-10-15-16(20(13)29)11-17(15)25-30-8-2-5-19(27)28/h1,3-4,9,13,16,18,20,25-26,29H,2,5-8,10-11H2,(H,27,28). The molecule has 0 spiro atoms. The molecule has 0 aromatic heterocycles. The van der Waals surface area contributed by atoms with Crippen LogP contribution in [0.3, 0.4) is 0 Å². The lowest BCUT2D eigenvalue weighted by Gasteiger charge is -2.30. The third-order valence-electron chi connectivity index (χ3n) is 5.88. The number of halogens is 3. The second-order valence-corrected chi connectivity index (χ2v) is 7.93. The van der Waals surface area contributed by atoms with Crippen molar-refractivity contribution in [3.8, 4) is 0 Å². The zero-order chi connectivity index (χ0) is 21.9. The summed E-state index contributed by atoms with van der Waals surface area (Å²) >= 11 is 0. The molecular formula is C21H26F3NO5. The van der Waals surface area contributed by atoms with Gasteiger partial charge in [-0.2, -0.15) is 13.2 Å². The van der Waals surface area contributed by atoms with Gasteiger partial charge in [-0.1, -0.05) is 12.1 Å². The number of hydrogen-bond donors (Lipinski definition) is 4. The zero-order valence-corrected chi connectivity index (χ0v) is 16.4. The lowest BCUT2D eigenvalue weighted by Crippen LogP contribution is -2.32. The number of rotatable bonds is 10. The molecule has 166 valence electrons. The summed E-state index contributed by atoms with van der Waals surface area (Å²) < 4.78 is 38.5. The highest BCUT2D eigenvalue weighted by atomic mass is 19.4. The summed E-state index contributed by atoms with van der Waals surface area (Å²) in [4.78, 5) is 15.7. The number of alkyl halides is 3. The average Bonchev–Trinajstić information content (AvgIpc) is 2.92. The third kappa shape index (κ3) is 5.33. The van der Waals surface area contributed by atoms with Crippen molar-refractivity contribution in [1.82, 2.24) is 5.48 Å². The molecule has 4 unspecified atom stereocenters. The fourth-order valence-corrected chi connectivity index (χ4v) is 4.17. The predicted molar refractivity (Wildman–Crippen MR) is 101 cm³/mol. The Morgan fingerprint density at radius 1 is 1.30 bits per heavy atom. The van der Waals surface area contributed by atoms with Crippen molar-refractivity contribution < 1.29 is 38.1 Å². The minimum Gasteiger partial charge on any atom is -0.481 e. The molecule has 2 aliphatic carbocycles. The summed E-state index contributed by atoms with van der Waals surface area (Å²) in [6, 6.07) is 4.69. The molecule has 0 radical (unpaired) electrons. The van der Waals surface area contributed by atoms with Crippen molar-refractivity contribution in [2.45, 2.75) is 56.9 Å². The molecular weight excluding hydrogens is 403 g/mol. The summed E-state index contributed by atoms with van der Waals surface area (Å²) in [5.74, 6) is -0.916. The van der Waals surface area contributed by atoms with Gasteiger partial charge in [0.2, 0.25) is 0 Å². The predicted octanol–water partition coefficient (Wildman–Crippen LogP) is 3.56. The van der Waals surface area contributed by atoms with Crippen LogP contribution in [0.4, 0.5) is 13.2 Å².